The Kier molecular flexibility index (Phi) is 3.52. The lowest BCUT2D eigenvalue weighted by molar-refractivity contribution is 0.153. The van der Waals surface area contributed by atoms with Gasteiger partial charge in [-0.3, -0.25) is 9.58 Å². The predicted molar refractivity (Wildman–Crippen MR) is 63.5 cm³/mol. The van der Waals surface area contributed by atoms with E-state index in [0.717, 1.165) is 37.2 Å². The van der Waals surface area contributed by atoms with E-state index in [1.807, 2.05) is 14.0 Å². The maximum Gasteiger partial charge on any atom is 0.131 e. The largest absolute Gasteiger partial charge is 0.395 e. The van der Waals surface area contributed by atoms with Crippen molar-refractivity contribution in [2.75, 3.05) is 13.2 Å². The number of aromatic nitrogens is 2. The number of hydrogen-bond donors (Lipinski definition) is 1. The molecule has 1 N–H and O–H groups in total. The highest BCUT2D eigenvalue weighted by molar-refractivity contribution is 6.30. The number of halogens is 1. The number of rotatable bonds is 3. The lowest BCUT2D eigenvalue weighted by Crippen LogP contribution is -2.31. The van der Waals surface area contributed by atoms with Gasteiger partial charge >= 0.3 is 0 Å². The van der Waals surface area contributed by atoms with Crippen LogP contribution in [-0.2, 0) is 13.6 Å². The second-order valence-corrected chi connectivity index (χ2v) is 4.79. The summed E-state index contributed by atoms with van der Waals surface area (Å²) in [7, 11) is 1.85. The summed E-state index contributed by atoms with van der Waals surface area (Å²) in [5.41, 5.74) is 2.07. The Morgan fingerprint density at radius 1 is 1.56 bits per heavy atom. The summed E-state index contributed by atoms with van der Waals surface area (Å²) in [4.78, 5) is 2.29. The average molecular weight is 244 g/mol. The van der Waals surface area contributed by atoms with Crippen molar-refractivity contribution in [2.45, 2.75) is 32.4 Å². The van der Waals surface area contributed by atoms with Crippen molar-refractivity contribution in [3.05, 3.63) is 16.4 Å². The van der Waals surface area contributed by atoms with Crippen LogP contribution in [0.2, 0.25) is 5.15 Å². The van der Waals surface area contributed by atoms with Gasteiger partial charge < -0.3 is 5.11 Å². The zero-order valence-corrected chi connectivity index (χ0v) is 10.5. The number of hydrogen-bond acceptors (Lipinski definition) is 3. The maximum atomic E-state index is 9.26. The fourth-order valence-electron chi connectivity index (χ4n) is 2.37. The van der Waals surface area contributed by atoms with Crippen LogP contribution in [0.25, 0.3) is 0 Å². The van der Waals surface area contributed by atoms with Crippen LogP contribution in [0.4, 0.5) is 0 Å². The Morgan fingerprint density at radius 3 is 2.88 bits per heavy atom. The lowest BCUT2D eigenvalue weighted by atomic mass is 10.2. The molecule has 1 aromatic heterocycles. The Bertz CT molecular complexity index is 378. The van der Waals surface area contributed by atoms with E-state index in [1.54, 1.807) is 4.68 Å². The molecule has 1 aromatic rings. The molecular weight excluding hydrogens is 226 g/mol. The fraction of sp³-hybridized carbons (Fsp3) is 0.727. The van der Waals surface area contributed by atoms with Gasteiger partial charge in [-0.1, -0.05) is 11.6 Å². The van der Waals surface area contributed by atoms with Crippen LogP contribution < -0.4 is 0 Å². The minimum absolute atomic E-state index is 0.233. The first-order valence-corrected chi connectivity index (χ1v) is 6.04. The molecule has 5 heteroatoms. The van der Waals surface area contributed by atoms with Crippen LogP contribution in [0.15, 0.2) is 0 Å². The molecule has 1 aliphatic rings. The molecule has 0 unspecified atom stereocenters. The zero-order valence-electron chi connectivity index (χ0n) is 9.78. The molecular formula is C11H18ClN3O. The molecule has 2 rings (SSSR count). The summed E-state index contributed by atoms with van der Waals surface area (Å²) in [5.74, 6) is 0. The zero-order chi connectivity index (χ0) is 11.7. The second kappa shape index (κ2) is 4.73. The van der Waals surface area contributed by atoms with Crippen molar-refractivity contribution < 1.29 is 5.11 Å². The van der Waals surface area contributed by atoms with E-state index in [2.05, 4.69) is 10.00 Å². The normalized spacial score (nSPS) is 21.9. The average Bonchev–Trinajstić information content (AvgIpc) is 2.79. The smallest absolute Gasteiger partial charge is 0.131 e. The molecule has 1 aliphatic heterocycles. The molecule has 1 atom stereocenters. The number of aliphatic hydroxyl groups is 1. The van der Waals surface area contributed by atoms with Crippen LogP contribution in [-0.4, -0.2) is 39.0 Å². The first kappa shape index (κ1) is 11.9. The Morgan fingerprint density at radius 2 is 2.31 bits per heavy atom. The molecule has 0 radical (unpaired) electrons. The van der Waals surface area contributed by atoms with E-state index in [-0.39, 0.29) is 12.6 Å². The number of nitrogens with zero attached hydrogens (tertiary/aromatic N) is 3. The van der Waals surface area contributed by atoms with E-state index in [4.69, 9.17) is 11.6 Å². The van der Waals surface area contributed by atoms with E-state index < -0.39 is 0 Å². The van der Waals surface area contributed by atoms with Crippen LogP contribution in [0.1, 0.15) is 24.1 Å². The second-order valence-electron chi connectivity index (χ2n) is 4.43. The first-order valence-electron chi connectivity index (χ1n) is 5.66. The lowest BCUT2D eigenvalue weighted by Gasteiger charge is -2.22. The van der Waals surface area contributed by atoms with Crippen molar-refractivity contribution in [1.29, 1.82) is 0 Å². The van der Waals surface area contributed by atoms with Gasteiger partial charge in [0.2, 0.25) is 0 Å². The van der Waals surface area contributed by atoms with Gasteiger partial charge in [-0.05, 0) is 26.3 Å². The highest BCUT2D eigenvalue weighted by Gasteiger charge is 2.25. The Labute approximate surface area is 101 Å². The van der Waals surface area contributed by atoms with Gasteiger partial charge in [0.15, 0.2) is 0 Å². The molecule has 1 saturated heterocycles. The molecule has 0 bridgehead atoms. The summed E-state index contributed by atoms with van der Waals surface area (Å²) in [6.45, 7) is 4.04. The number of likely N-dealkylation sites (tertiary alicyclic amines) is 1. The van der Waals surface area contributed by atoms with Crippen LogP contribution in [0.3, 0.4) is 0 Å². The maximum absolute atomic E-state index is 9.26. The monoisotopic (exact) mass is 243 g/mol. The summed E-state index contributed by atoms with van der Waals surface area (Å²) in [5, 5.41) is 14.3. The SMILES string of the molecule is Cc1nn(C)c(Cl)c1CN1CCC[C@@H]1CO. The molecule has 90 valence electrons. The van der Waals surface area contributed by atoms with Gasteiger partial charge in [0.1, 0.15) is 5.15 Å². The minimum atomic E-state index is 0.233. The molecule has 0 aliphatic carbocycles. The van der Waals surface area contributed by atoms with Gasteiger partial charge in [0, 0.05) is 25.2 Å². The summed E-state index contributed by atoms with van der Waals surface area (Å²) >= 11 is 6.19. The Balaban J connectivity index is 2.14. The summed E-state index contributed by atoms with van der Waals surface area (Å²) in [6.07, 6.45) is 2.23. The van der Waals surface area contributed by atoms with E-state index in [1.165, 1.54) is 0 Å². The highest BCUT2D eigenvalue weighted by atomic mass is 35.5. The van der Waals surface area contributed by atoms with Crippen molar-refractivity contribution in [1.82, 2.24) is 14.7 Å². The number of aliphatic hydroxyl groups excluding tert-OH is 1. The molecule has 4 nitrogen and oxygen atoms in total. The topological polar surface area (TPSA) is 41.3 Å². The Hall–Kier alpha value is -0.580. The predicted octanol–water partition coefficient (Wildman–Crippen LogP) is 1.34. The van der Waals surface area contributed by atoms with Crippen LogP contribution in [0, 0.1) is 6.92 Å². The molecule has 0 amide bonds. The molecule has 0 aromatic carbocycles. The minimum Gasteiger partial charge on any atom is -0.395 e. The fourth-order valence-corrected chi connectivity index (χ4v) is 2.60. The van der Waals surface area contributed by atoms with Crippen LogP contribution >= 0.6 is 11.6 Å². The molecule has 16 heavy (non-hydrogen) atoms. The third-order valence-electron chi connectivity index (χ3n) is 3.34. The standard InChI is InChI=1S/C11H18ClN3O/c1-8-10(11(12)14(2)13-8)6-15-5-3-4-9(15)7-16/h9,16H,3-7H2,1-2H3/t9-/m1/s1. The third kappa shape index (κ3) is 2.10. The van der Waals surface area contributed by atoms with E-state index in [9.17, 15) is 5.11 Å². The van der Waals surface area contributed by atoms with Crippen molar-refractivity contribution >= 4 is 11.6 Å². The molecule has 2 heterocycles. The van der Waals surface area contributed by atoms with Crippen molar-refractivity contribution in [3.63, 3.8) is 0 Å². The quantitative estimate of drug-likeness (QED) is 0.871. The van der Waals surface area contributed by atoms with Crippen molar-refractivity contribution in [3.8, 4) is 0 Å². The van der Waals surface area contributed by atoms with Gasteiger partial charge in [0.05, 0.1) is 12.3 Å². The molecule has 1 fully saturated rings. The van der Waals surface area contributed by atoms with E-state index >= 15 is 0 Å². The molecule has 0 saturated carbocycles. The number of aryl methyl sites for hydroxylation is 2. The molecule has 0 spiro atoms. The summed E-state index contributed by atoms with van der Waals surface area (Å²) in [6, 6.07) is 0.288. The van der Waals surface area contributed by atoms with Crippen LogP contribution in [0.5, 0.6) is 0 Å². The highest BCUT2D eigenvalue weighted by Crippen LogP contribution is 2.25. The summed E-state index contributed by atoms with van der Waals surface area (Å²) < 4.78 is 1.70. The van der Waals surface area contributed by atoms with Gasteiger partial charge in [-0.2, -0.15) is 5.10 Å². The van der Waals surface area contributed by atoms with Gasteiger partial charge in [-0.25, -0.2) is 0 Å². The van der Waals surface area contributed by atoms with Crippen molar-refractivity contribution in [2.24, 2.45) is 7.05 Å². The first-order chi connectivity index (χ1) is 7.63. The third-order valence-corrected chi connectivity index (χ3v) is 3.81. The van der Waals surface area contributed by atoms with Gasteiger partial charge in [-0.15, -0.1) is 0 Å². The van der Waals surface area contributed by atoms with Gasteiger partial charge in [0.25, 0.3) is 0 Å². The van der Waals surface area contributed by atoms with E-state index in [0.29, 0.717) is 5.15 Å².